The van der Waals surface area contributed by atoms with Crippen molar-refractivity contribution in [3.63, 3.8) is 0 Å². The van der Waals surface area contributed by atoms with Crippen LogP contribution in [0.3, 0.4) is 0 Å². The Balaban J connectivity index is 0.00000200. The van der Waals surface area contributed by atoms with Crippen LogP contribution in [0.1, 0.15) is 19.8 Å². The molecule has 1 aromatic carbocycles. The van der Waals surface area contributed by atoms with Gasteiger partial charge in [-0.2, -0.15) is 0 Å². The first-order valence-corrected chi connectivity index (χ1v) is 6.59. The summed E-state index contributed by atoms with van der Waals surface area (Å²) in [6.45, 7) is 1.99. The predicted molar refractivity (Wildman–Crippen MR) is 84.5 cm³/mol. The Morgan fingerprint density at radius 3 is 2.90 bits per heavy atom. The summed E-state index contributed by atoms with van der Waals surface area (Å²) >= 11 is 5.92. The molecule has 0 bridgehead atoms. The number of benzene rings is 1. The van der Waals surface area contributed by atoms with Gasteiger partial charge in [-0.15, -0.1) is 12.4 Å². The number of fused-ring (bicyclic) bond motifs is 1. The predicted octanol–water partition coefficient (Wildman–Crippen LogP) is 2.71. The molecule has 0 saturated heterocycles. The second-order valence-corrected chi connectivity index (χ2v) is 4.95. The molecule has 0 aliphatic carbocycles. The molecule has 0 spiro atoms. The van der Waals surface area contributed by atoms with Crippen molar-refractivity contribution in [3.8, 4) is 0 Å². The molecule has 2 aromatic rings. The normalized spacial score (nSPS) is 12.0. The Kier molecular flexibility index (Phi) is 5.80. The molecule has 1 atom stereocenters. The topological polar surface area (TPSA) is 72.9 Å². The van der Waals surface area contributed by atoms with Gasteiger partial charge in [0.15, 0.2) is 0 Å². The van der Waals surface area contributed by atoms with Crippen molar-refractivity contribution < 1.29 is 4.79 Å². The summed E-state index contributed by atoms with van der Waals surface area (Å²) in [6.07, 6.45) is 1.52. The standard InChI is InChI=1S/C13H17ClN4O.ClH/c1-3-4-9(15)12(19)17-13-16-10-7-8(14)5-6-11(10)18(13)2;/h5-7,9H,3-4,15H2,1-2H3,(H,16,17,19);1H. The second-order valence-electron chi connectivity index (χ2n) is 4.51. The number of carbonyl (C=O) groups excluding carboxylic acids is 1. The van der Waals surface area contributed by atoms with Crippen LogP contribution >= 0.6 is 24.0 Å². The molecule has 0 fully saturated rings. The molecule has 0 saturated carbocycles. The minimum atomic E-state index is -0.506. The minimum absolute atomic E-state index is 0. The van der Waals surface area contributed by atoms with Crippen LogP contribution in [0.2, 0.25) is 5.02 Å². The molecule has 5 nitrogen and oxygen atoms in total. The van der Waals surface area contributed by atoms with Crippen LogP contribution < -0.4 is 11.1 Å². The lowest BCUT2D eigenvalue weighted by Gasteiger charge is -2.10. The third kappa shape index (κ3) is 3.42. The highest BCUT2D eigenvalue weighted by Crippen LogP contribution is 2.21. The molecule has 20 heavy (non-hydrogen) atoms. The van der Waals surface area contributed by atoms with E-state index in [-0.39, 0.29) is 18.3 Å². The third-order valence-corrected chi connectivity index (χ3v) is 3.25. The summed E-state index contributed by atoms with van der Waals surface area (Å²) in [7, 11) is 1.84. The highest BCUT2D eigenvalue weighted by Gasteiger charge is 2.16. The van der Waals surface area contributed by atoms with E-state index in [4.69, 9.17) is 17.3 Å². The van der Waals surface area contributed by atoms with Crippen LogP contribution in [0.15, 0.2) is 18.2 Å². The van der Waals surface area contributed by atoms with E-state index in [0.717, 1.165) is 17.5 Å². The zero-order chi connectivity index (χ0) is 14.0. The van der Waals surface area contributed by atoms with Gasteiger partial charge >= 0.3 is 0 Å². The van der Waals surface area contributed by atoms with Gasteiger partial charge in [0.25, 0.3) is 0 Å². The van der Waals surface area contributed by atoms with Gasteiger partial charge in [-0.05, 0) is 24.6 Å². The summed E-state index contributed by atoms with van der Waals surface area (Å²) in [5, 5.41) is 3.37. The van der Waals surface area contributed by atoms with Gasteiger partial charge < -0.3 is 10.3 Å². The summed E-state index contributed by atoms with van der Waals surface area (Å²) < 4.78 is 1.81. The van der Waals surface area contributed by atoms with Gasteiger partial charge in [0.1, 0.15) is 0 Å². The number of nitrogens with one attached hydrogen (secondary N) is 1. The minimum Gasteiger partial charge on any atom is -0.320 e. The SMILES string of the molecule is CCCC(N)C(=O)Nc1nc2cc(Cl)ccc2n1C.Cl. The molecule has 0 aliphatic rings. The van der Waals surface area contributed by atoms with E-state index in [1.165, 1.54) is 0 Å². The van der Waals surface area contributed by atoms with Gasteiger partial charge in [0.2, 0.25) is 11.9 Å². The molecule has 1 heterocycles. The van der Waals surface area contributed by atoms with Gasteiger partial charge in [-0.1, -0.05) is 24.9 Å². The molecular weight excluding hydrogens is 299 g/mol. The van der Waals surface area contributed by atoms with Crippen LogP contribution in [0, 0.1) is 0 Å². The zero-order valence-corrected chi connectivity index (χ0v) is 13.0. The monoisotopic (exact) mass is 316 g/mol. The number of rotatable bonds is 4. The molecule has 2 rings (SSSR count). The summed E-state index contributed by atoms with van der Waals surface area (Å²) in [5.74, 6) is 0.264. The molecule has 1 unspecified atom stereocenters. The number of carbonyl (C=O) groups is 1. The molecule has 3 N–H and O–H groups in total. The number of nitrogens with zero attached hydrogens (tertiary/aromatic N) is 2. The van der Waals surface area contributed by atoms with Crippen molar-refractivity contribution in [2.45, 2.75) is 25.8 Å². The first kappa shape index (κ1) is 16.8. The van der Waals surface area contributed by atoms with Crippen LogP contribution in [0.25, 0.3) is 11.0 Å². The first-order chi connectivity index (χ1) is 9.02. The Morgan fingerprint density at radius 2 is 2.25 bits per heavy atom. The molecular formula is C13H18Cl2N4O. The van der Waals surface area contributed by atoms with Crippen molar-refractivity contribution in [3.05, 3.63) is 23.2 Å². The lowest BCUT2D eigenvalue weighted by molar-refractivity contribution is -0.117. The van der Waals surface area contributed by atoms with Gasteiger partial charge in [0.05, 0.1) is 17.1 Å². The molecule has 110 valence electrons. The number of aryl methyl sites for hydroxylation is 1. The average Bonchev–Trinajstić information content (AvgIpc) is 2.66. The fraction of sp³-hybridized carbons (Fsp3) is 0.385. The van der Waals surface area contributed by atoms with E-state index in [9.17, 15) is 4.79 Å². The fourth-order valence-electron chi connectivity index (χ4n) is 1.93. The van der Waals surface area contributed by atoms with E-state index in [2.05, 4.69) is 10.3 Å². The Morgan fingerprint density at radius 1 is 1.55 bits per heavy atom. The first-order valence-electron chi connectivity index (χ1n) is 6.21. The fourth-order valence-corrected chi connectivity index (χ4v) is 2.10. The molecule has 1 amide bonds. The molecule has 0 radical (unpaired) electrons. The number of hydrogen-bond donors (Lipinski definition) is 2. The van der Waals surface area contributed by atoms with Crippen LogP contribution in [-0.4, -0.2) is 21.5 Å². The maximum atomic E-state index is 11.9. The lowest BCUT2D eigenvalue weighted by Crippen LogP contribution is -2.36. The highest BCUT2D eigenvalue weighted by molar-refractivity contribution is 6.31. The Labute approximate surface area is 128 Å². The third-order valence-electron chi connectivity index (χ3n) is 3.01. The Hall–Kier alpha value is -1.30. The largest absolute Gasteiger partial charge is 0.320 e. The van der Waals surface area contributed by atoms with Crippen molar-refractivity contribution in [1.82, 2.24) is 9.55 Å². The Bertz CT molecular complexity index is 612. The van der Waals surface area contributed by atoms with Gasteiger partial charge in [-0.25, -0.2) is 4.98 Å². The number of hydrogen-bond acceptors (Lipinski definition) is 3. The van der Waals surface area contributed by atoms with Crippen LogP contribution in [0.4, 0.5) is 5.95 Å². The van der Waals surface area contributed by atoms with Crippen molar-refractivity contribution >= 4 is 46.9 Å². The van der Waals surface area contributed by atoms with Crippen LogP contribution in [-0.2, 0) is 11.8 Å². The van der Waals surface area contributed by atoms with E-state index in [0.29, 0.717) is 17.4 Å². The maximum absolute atomic E-state index is 11.9. The van der Waals surface area contributed by atoms with Gasteiger partial charge in [0, 0.05) is 12.1 Å². The number of amides is 1. The molecule has 1 aromatic heterocycles. The summed E-state index contributed by atoms with van der Waals surface area (Å²) in [4.78, 5) is 16.2. The second kappa shape index (κ2) is 6.92. The van der Waals surface area contributed by atoms with E-state index in [1.54, 1.807) is 12.1 Å². The van der Waals surface area contributed by atoms with E-state index >= 15 is 0 Å². The maximum Gasteiger partial charge on any atom is 0.243 e. The number of halogens is 2. The smallest absolute Gasteiger partial charge is 0.243 e. The average molecular weight is 317 g/mol. The lowest BCUT2D eigenvalue weighted by atomic mass is 10.2. The molecule has 0 aliphatic heterocycles. The number of aromatic nitrogens is 2. The van der Waals surface area contributed by atoms with Crippen LogP contribution in [0.5, 0.6) is 0 Å². The van der Waals surface area contributed by atoms with Crippen molar-refractivity contribution in [2.24, 2.45) is 12.8 Å². The van der Waals surface area contributed by atoms with Crippen molar-refractivity contribution in [2.75, 3.05) is 5.32 Å². The van der Waals surface area contributed by atoms with E-state index < -0.39 is 6.04 Å². The number of imidazole rings is 1. The quantitative estimate of drug-likeness (QED) is 0.910. The summed E-state index contributed by atoms with van der Waals surface area (Å²) in [5.41, 5.74) is 7.42. The van der Waals surface area contributed by atoms with Gasteiger partial charge in [-0.3, -0.25) is 10.1 Å². The van der Waals surface area contributed by atoms with E-state index in [1.807, 2.05) is 24.6 Å². The highest BCUT2D eigenvalue weighted by atomic mass is 35.5. The zero-order valence-electron chi connectivity index (χ0n) is 11.4. The molecule has 7 heteroatoms. The number of anilines is 1. The number of nitrogens with two attached hydrogens (primary N) is 1. The van der Waals surface area contributed by atoms with Crippen molar-refractivity contribution in [1.29, 1.82) is 0 Å². The summed E-state index contributed by atoms with van der Waals surface area (Å²) in [6, 6.07) is 4.92.